The molecule has 0 amide bonds. The molecule has 0 unspecified atom stereocenters. The van der Waals surface area contributed by atoms with Gasteiger partial charge in [-0.15, -0.1) is 0 Å². The lowest BCUT2D eigenvalue weighted by atomic mass is 10.2. The number of hydrogen-bond donors (Lipinski definition) is 1. The SMILES string of the molecule is CC.O/N=C/c1ccccc1. The van der Waals surface area contributed by atoms with E-state index in [2.05, 4.69) is 5.16 Å². The quantitative estimate of drug-likeness (QED) is 0.373. The van der Waals surface area contributed by atoms with E-state index >= 15 is 0 Å². The molecule has 0 aliphatic rings. The maximum atomic E-state index is 8.09. The van der Waals surface area contributed by atoms with Crippen LogP contribution in [-0.2, 0) is 0 Å². The number of rotatable bonds is 1. The number of hydrogen-bond acceptors (Lipinski definition) is 2. The largest absolute Gasteiger partial charge is 0.411 e. The summed E-state index contributed by atoms with van der Waals surface area (Å²) in [5, 5.41) is 11.0. The molecule has 1 N–H and O–H groups in total. The molecule has 0 saturated carbocycles. The molecule has 60 valence electrons. The van der Waals surface area contributed by atoms with Gasteiger partial charge in [0, 0.05) is 0 Å². The van der Waals surface area contributed by atoms with E-state index in [9.17, 15) is 0 Å². The average molecular weight is 151 g/mol. The molecule has 0 spiro atoms. The van der Waals surface area contributed by atoms with Gasteiger partial charge in [-0.2, -0.15) is 0 Å². The summed E-state index contributed by atoms with van der Waals surface area (Å²) >= 11 is 0. The van der Waals surface area contributed by atoms with Crippen molar-refractivity contribution in [1.29, 1.82) is 0 Å². The Bertz CT molecular complexity index is 194. The molecule has 0 radical (unpaired) electrons. The summed E-state index contributed by atoms with van der Waals surface area (Å²) in [6.45, 7) is 4.00. The van der Waals surface area contributed by atoms with E-state index in [1.54, 1.807) is 0 Å². The Labute approximate surface area is 67.2 Å². The second-order valence-corrected chi connectivity index (χ2v) is 1.66. The summed E-state index contributed by atoms with van der Waals surface area (Å²) in [5.74, 6) is 0. The first kappa shape index (κ1) is 9.69. The number of nitrogens with zero attached hydrogens (tertiary/aromatic N) is 1. The summed E-state index contributed by atoms with van der Waals surface area (Å²) in [6.07, 6.45) is 1.39. The van der Waals surface area contributed by atoms with Crippen molar-refractivity contribution in [3.8, 4) is 0 Å². The first-order valence-corrected chi connectivity index (χ1v) is 3.66. The van der Waals surface area contributed by atoms with Crippen molar-refractivity contribution < 1.29 is 5.21 Å². The highest BCUT2D eigenvalue weighted by atomic mass is 16.4. The molecule has 0 aliphatic carbocycles. The van der Waals surface area contributed by atoms with Crippen LogP contribution in [0.15, 0.2) is 35.5 Å². The number of oxime groups is 1. The van der Waals surface area contributed by atoms with Crippen LogP contribution in [0.5, 0.6) is 0 Å². The molecule has 1 aromatic carbocycles. The zero-order valence-electron chi connectivity index (χ0n) is 6.86. The van der Waals surface area contributed by atoms with Gasteiger partial charge in [0.15, 0.2) is 0 Å². The maximum absolute atomic E-state index is 8.09. The Hall–Kier alpha value is -1.31. The zero-order valence-corrected chi connectivity index (χ0v) is 6.86. The third-order valence-corrected chi connectivity index (χ3v) is 1.01. The molecular formula is C9H13NO. The summed E-state index contributed by atoms with van der Waals surface area (Å²) in [5.41, 5.74) is 0.903. The van der Waals surface area contributed by atoms with E-state index in [-0.39, 0.29) is 0 Å². The second kappa shape index (κ2) is 6.81. The molecule has 0 fully saturated rings. The van der Waals surface area contributed by atoms with Gasteiger partial charge in [0.25, 0.3) is 0 Å². The summed E-state index contributed by atoms with van der Waals surface area (Å²) in [7, 11) is 0. The Kier molecular flexibility index (Phi) is 5.99. The molecule has 0 aromatic heterocycles. The van der Waals surface area contributed by atoms with Gasteiger partial charge >= 0.3 is 0 Å². The predicted octanol–water partition coefficient (Wildman–Crippen LogP) is 2.52. The van der Waals surface area contributed by atoms with Crippen LogP contribution in [-0.4, -0.2) is 11.4 Å². The van der Waals surface area contributed by atoms with Crippen LogP contribution in [0.3, 0.4) is 0 Å². The highest BCUT2D eigenvalue weighted by molar-refractivity contribution is 5.78. The van der Waals surface area contributed by atoms with Crippen LogP contribution in [0.2, 0.25) is 0 Å². The van der Waals surface area contributed by atoms with E-state index < -0.39 is 0 Å². The molecule has 11 heavy (non-hydrogen) atoms. The van der Waals surface area contributed by atoms with E-state index in [1.807, 2.05) is 44.2 Å². The lowest BCUT2D eigenvalue weighted by Crippen LogP contribution is -1.76. The van der Waals surface area contributed by atoms with Gasteiger partial charge in [-0.3, -0.25) is 0 Å². The van der Waals surface area contributed by atoms with Crippen LogP contribution in [0.4, 0.5) is 0 Å². The van der Waals surface area contributed by atoms with Gasteiger partial charge in [0.2, 0.25) is 0 Å². The van der Waals surface area contributed by atoms with Crippen molar-refractivity contribution in [2.24, 2.45) is 5.16 Å². The minimum Gasteiger partial charge on any atom is -0.411 e. The fraction of sp³-hybridized carbons (Fsp3) is 0.222. The molecule has 0 bridgehead atoms. The normalized spacial score (nSPS) is 8.91. The molecule has 2 heteroatoms. The second-order valence-electron chi connectivity index (χ2n) is 1.66. The van der Waals surface area contributed by atoms with Crippen molar-refractivity contribution >= 4 is 6.21 Å². The van der Waals surface area contributed by atoms with Crippen LogP contribution >= 0.6 is 0 Å². The third kappa shape index (κ3) is 4.14. The molecule has 1 rings (SSSR count). The lowest BCUT2D eigenvalue weighted by Gasteiger charge is -1.85. The van der Waals surface area contributed by atoms with Gasteiger partial charge in [-0.1, -0.05) is 49.3 Å². The fourth-order valence-electron chi connectivity index (χ4n) is 0.606. The Morgan fingerprint density at radius 1 is 1.18 bits per heavy atom. The minimum absolute atomic E-state index is 0.903. The summed E-state index contributed by atoms with van der Waals surface area (Å²) in [4.78, 5) is 0. The Morgan fingerprint density at radius 2 is 1.73 bits per heavy atom. The maximum Gasteiger partial charge on any atom is 0.0733 e. The van der Waals surface area contributed by atoms with Crippen LogP contribution in [0.1, 0.15) is 19.4 Å². The molecule has 2 nitrogen and oxygen atoms in total. The van der Waals surface area contributed by atoms with Gasteiger partial charge < -0.3 is 5.21 Å². The lowest BCUT2D eigenvalue weighted by molar-refractivity contribution is 0.322. The van der Waals surface area contributed by atoms with Crippen LogP contribution in [0, 0.1) is 0 Å². The smallest absolute Gasteiger partial charge is 0.0733 e. The molecule has 0 saturated heterocycles. The van der Waals surface area contributed by atoms with Crippen molar-refractivity contribution in [2.45, 2.75) is 13.8 Å². The summed E-state index contributed by atoms with van der Waals surface area (Å²) in [6, 6.07) is 9.40. The Balaban J connectivity index is 0.000000461. The van der Waals surface area contributed by atoms with E-state index in [0.29, 0.717) is 0 Å². The standard InChI is InChI=1S/C7H7NO.C2H6/c9-8-6-7-4-2-1-3-5-7;1-2/h1-6,9H;1-2H3/b8-6+;. The van der Waals surface area contributed by atoms with Gasteiger partial charge in [0.05, 0.1) is 6.21 Å². The molecule has 0 heterocycles. The van der Waals surface area contributed by atoms with Gasteiger partial charge in [0.1, 0.15) is 0 Å². The summed E-state index contributed by atoms with van der Waals surface area (Å²) < 4.78 is 0. The van der Waals surface area contributed by atoms with Gasteiger partial charge in [-0.05, 0) is 5.56 Å². The molecular weight excluding hydrogens is 138 g/mol. The minimum atomic E-state index is 0.903. The highest BCUT2D eigenvalue weighted by Gasteiger charge is 1.79. The zero-order chi connectivity index (χ0) is 8.53. The van der Waals surface area contributed by atoms with E-state index in [1.165, 1.54) is 6.21 Å². The molecule has 1 aromatic rings. The van der Waals surface area contributed by atoms with Crippen molar-refractivity contribution in [3.63, 3.8) is 0 Å². The van der Waals surface area contributed by atoms with Crippen molar-refractivity contribution in [1.82, 2.24) is 0 Å². The van der Waals surface area contributed by atoms with Crippen molar-refractivity contribution in [3.05, 3.63) is 35.9 Å². The monoisotopic (exact) mass is 151 g/mol. The fourth-order valence-corrected chi connectivity index (χ4v) is 0.606. The highest BCUT2D eigenvalue weighted by Crippen LogP contribution is 1.92. The van der Waals surface area contributed by atoms with Crippen LogP contribution in [0.25, 0.3) is 0 Å². The van der Waals surface area contributed by atoms with Crippen LogP contribution < -0.4 is 0 Å². The predicted molar refractivity (Wildman–Crippen MR) is 47.2 cm³/mol. The average Bonchev–Trinajstić information content (AvgIpc) is 2.11. The van der Waals surface area contributed by atoms with Gasteiger partial charge in [-0.25, -0.2) is 0 Å². The van der Waals surface area contributed by atoms with E-state index in [0.717, 1.165) is 5.56 Å². The van der Waals surface area contributed by atoms with Crippen molar-refractivity contribution in [2.75, 3.05) is 0 Å². The third-order valence-electron chi connectivity index (χ3n) is 1.01. The first-order chi connectivity index (χ1) is 5.43. The Morgan fingerprint density at radius 3 is 2.18 bits per heavy atom. The topological polar surface area (TPSA) is 32.6 Å². The van der Waals surface area contributed by atoms with E-state index in [4.69, 9.17) is 5.21 Å². The first-order valence-electron chi connectivity index (χ1n) is 3.66. The molecule has 0 aliphatic heterocycles. The molecule has 0 atom stereocenters. The number of benzene rings is 1.